The first kappa shape index (κ1) is 16.5. The van der Waals surface area contributed by atoms with E-state index in [4.69, 9.17) is 10.5 Å². The van der Waals surface area contributed by atoms with E-state index in [0.717, 1.165) is 15.8 Å². The summed E-state index contributed by atoms with van der Waals surface area (Å²) in [5.74, 6) is 1.10. The third-order valence-corrected chi connectivity index (χ3v) is 5.29. The fourth-order valence-corrected chi connectivity index (χ4v) is 3.05. The van der Waals surface area contributed by atoms with E-state index in [0.29, 0.717) is 12.8 Å². The van der Waals surface area contributed by atoms with Crippen LogP contribution in [0.1, 0.15) is 31.4 Å². The first-order valence-corrected chi connectivity index (χ1v) is 8.80. The van der Waals surface area contributed by atoms with Crippen molar-refractivity contribution in [3.05, 3.63) is 28.2 Å². The molecule has 1 aromatic rings. The highest BCUT2D eigenvalue weighted by molar-refractivity contribution is 9.10. The molecule has 6 heteroatoms. The topological polar surface area (TPSA) is 69.4 Å². The van der Waals surface area contributed by atoms with E-state index in [2.05, 4.69) is 15.9 Å². The van der Waals surface area contributed by atoms with Crippen LogP contribution in [0.15, 0.2) is 22.7 Å². The molecule has 4 nitrogen and oxygen atoms in total. The van der Waals surface area contributed by atoms with E-state index in [-0.39, 0.29) is 17.5 Å². The van der Waals surface area contributed by atoms with Crippen LogP contribution < -0.4 is 10.5 Å². The van der Waals surface area contributed by atoms with Gasteiger partial charge in [0, 0.05) is 21.8 Å². The first-order chi connectivity index (χ1) is 8.89. The van der Waals surface area contributed by atoms with Crippen molar-refractivity contribution in [2.45, 2.75) is 25.8 Å². The van der Waals surface area contributed by atoms with E-state index in [1.54, 1.807) is 14.0 Å². The molecule has 1 unspecified atom stereocenters. The molecule has 0 fully saturated rings. The lowest BCUT2D eigenvalue weighted by atomic mass is 10.0. The number of rotatable bonds is 7. The summed E-state index contributed by atoms with van der Waals surface area (Å²) in [7, 11) is -1.32. The molecule has 19 heavy (non-hydrogen) atoms. The summed E-state index contributed by atoms with van der Waals surface area (Å²) in [5, 5.41) is 0. The van der Waals surface area contributed by atoms with E-state index in [1.807, 2.05) is 18.2 Å². The van der Waals surface area contributed by atoms with Crippen molar-refractivity contribution in [2.75, 3.05) is 18.6 Å². The van der Waals surface area contributed by atoms with Crippen molar-refractivity contribution < 1.29 is 13.2 Å². The monoisotopic (exact) mass is 349 g/mol. The van der Waals surface area contributed by atoms with Gasteiger partial charge in [0.25, 0.3) is 0 Å². The second kappa shape index (κ2) is 7.26. The minimum absolute atomic E-state index is 0.184. The smallest absolute Gasteiger partial charge is 0.150 e. The lowest BCUT2D eigenvalue weighted by Gasteiger charge is -2.16. The molecule has 0 aliphatic rings. The van der Waals surface area contributed by atoms with Gasteiger partial charge in [0.05, 0.1) is 12.9 Å². The first-order valence-electron chi connectivity index (χ1n) is 6.19. The molecule has 0 saturated heterocycles. The van der Waals surface area contributed by atoms with Crippen molar-refractivity contribution in [1.29, 1.82) is 0 Å². The number of benzene rings is 1. The third-order valence-electron chi connectivity index (χ3n) is 3.01. The Bertz CT molecular complexity index is 517. The molecule has 0 aliphatic carbocycles. The van der Waals surface area contributed by atoms with E-state index >= 15 is 0 Å². The summed E-state index contributed by atoms with van der Waals surface area (Å²) in [6.45, 7) is 1.66. The van der Waals surface area contributed by atoms with Crippen LogP contribution in [0.2, 0.25) is 0 Å². The average Bonchev–Trinajstić information content (AvgIpc) is 2.38. The quantitative estimate of drug-likeness (QED) is 0.821. The second-order valence-corrected chi connectivity index (χ2v) is 7.76. The summed E-state index contributed by atoms with van der Waals surface area (Å²) in [6.07, 6.45) is 1.19. The molecule has 0 heterocycles. The standard InChI is InChI=1S/C13H20BrNO3S/c1-3-19(16,17)8-4-5-12(15)11-7-6-10(14)9-13(11)18-2/h6-7,9,12H,3-5,8,15H2,1-2H3. The zero-order valence-electron chi connectivity index (χ0n) is 11.2. The lowest BCUT2D eigenvalue weighted by molar-refractivity contribution is 0.403. The van der Waals surface area contributed by atoms with Crippen molar-refractivity contribution in [2.24, 2.45) is 5.73 Å². The maximum absolute atomic E-state index is 11.4. The van der Waals surface area contributed by atoms with Crippen LogP contribution in [-0.4, -0.2) is 27.0 Å². The highest BCUT2D eigenvalue weighted by atomic mass is 79.9. The summed E-state index contributed by atoms with van der Waals surface area (Å²) in [6, 6.07) is 5.45. The van der Waals surface area contributed by atoms with Gasteiger partial charge in [-0.2, -0.15) is 0 Å². The van der Waals surface area contributed by atoms with Crippen LogP contribution in [-0.2, 0) is 9.84 Å². The molecule has 0 spiro atoms. The number of ether oxygens (including phenoxy) is 1. The number of hydrogen-bond acceptors (Lipinski definition) is 4. The molecule has 1 atom stereocenters. The third kappa shape index (κ3) is 5.12. The predicted octanol–water partition coefficient (Wildman–Crippen LogP) is 2.67. The van der Waals surface area contributed by atoms with Crippen LogP contribution in [0.3, 0.4) is 0 Å². The molecule has 0 radical (unpaired) electrons. The summed E-state index contributed by atoms with van der Waals surface area (Å²) in [5.41, 5.74) is 7.00. The Morgan fingerprint density at radius 2 is 2.11 bits per heavy atom. The lowest BCUT2D eigenvalue weighted by Crippen LogP contribution is -2.15. The Hall–Kier alpha value is -0.590. The molecule has 108 valence electrons. The number of sulfone groups is 1. The minimum atomic E-state index is -2.91. The van der Waals surface area contributed by atoms with Crippen LogP contribution in [0.5, 0.6) is 5.75 Å². The molecule has 0 bridgehead atoms. The van der Waals surface area contributed by atoms with E-state index < -0.39 is 9.84 Å². The Morgan fingerprint density at radius 1 is 1.42 bits per heavy atom. The molecule has 0 saturated carbocycles. The van der Waals surface area contributed by atoms with Gasteiger partial charge in [-0.15, -0.1) is 0 Å². The van der Waals surface area contributed by atoms with Gasteiger partial charge in [-0.25, -0.2) is 8.42 Å². The minimum Gasteiger partial charge on any atom is -0.496 e. The van der Waals surface area contributed by atoms with Crippen molar-refractivity contribution in [3.8, 4) is 5.75 Å². The summed E-state index contributed by atoms with van der Waals surface area (Å²) < 4.78 is 29.0. The van der Waals surface area contributed by atoms with E-state index in [9.17, 15) is 8.42 Å². The SMILES string of the molecule is CCS(=O)(=O)CCCC(N)c1ccc(Br)cc1OC. The number of halogens is 1. The highest BCUT2D eigenvalue weighted by Gasteiger charge is 2.14. The molecular formula is C13H20BrNO3S. The van der Waals surface area contributed by atoms with Crippen LogP contribution in [0, 0.1) is 0 Å². The van der Waals surface area contributed by atoms with Crippen LogP contribution >= 0.6 is 15.9 Å². The van der Waals surface area contributed by atoms with Gasteiger partial charge in [-0.05, 0) is 25.0 Å². The van der Waals surface area contributed by atoms with Gasteiger partial charge < -0.3 is 10.5 Å². The van der Waals surface area contributed by atoms with Gasteiger partial charge in [0.15, 0.2) is 0 Å². The normalized spacial score (nSPS) is 13.3. The maximum Gasteiger partial charge on any atom is 0.150 e. The molecule has 1 rings (SSSR count). The van der Waals surface area contributed by atoms with Gasteiger partial charge in [0.2, 0.25) is 0 Å². The Balaban J connectivity index is 2.66. The van der Waals surface area contributed by atoms with Gasteiger partial charge in [-0.3, -0.25) is 0 Å². The number of hydrogen-bond donors (Lipinski definition) is 1. The zero-order chi connectivity index (χ0) is 14.5. The largest absolute Gasteiger partial charge is 0.496 e. The Labute approximate surface area is 123 Å². The molecule has 0 amide bonds. The van der Waals surface area contributed by atoms with Crippen molar-refractivity contribution in [1.82, 2.24) is 0 Å². The van der Waals surface area contributed by atoms with Crippen molar-refractivity contribution in [3.63, 3.8) is 0 Å². The van der Waals surface area contributed by atoms with Gasteiger partial charge in [-0.1, -0.05) is 28.9 Å². The van der Waals surface area contributed by atoms with Gasteiger partial charge >= 0.3 is 0 Å². The molecular weight excluding hydrogens is 330 g/mol. The van der Waals surface area contributed by atoms with E-state index in [1.165, 1.54) is 0 Å². The van der Waals surface area contributed by atoms with Crippen LogP contribution in [0.25, 0.3) is 0 Å². The summed E-state index contributed by atoms with van der Waals surface area (Å²) in [4.78, 5) is 0. The van der Waals surface area contributed by atoms with Crippen LogP contribution in [0.4, 0.5) is 0 Å². The fourth-order valence-electron chi connectivity index (χ4n) is 1.81. The zero-order valence-corrected chi connectivity index (χ0v) is 13.6. The Kier molecular flexibility index (Phi) is 6.29. The molecule has 1 aromatic carbocycles. The predicted molar refractivity (Wildman–Crippen MR) is 81.2 cm³/mol. The second-order valence-electron chi connectivity index (χ2n) is 4.37. The Morgan fingerprint density at radius 3 is 2.68 bits per heavy atom. The summed E-state index contributed by atoms with van der Waals surface area (Å²) >= 11 is 3.37. The van der Waals surface area contributed by atoms with Gasteiger partial charge in [0.1, 0.15) is 15.6 Å². The number of nitrogens with two attached hydrogens (primary N) is 1. The fraction of sp³-hybridized carbons (Fsp3) is 0.538. The molecule has 0 aliphatic heterocycles. The molecule has 2 N–H and O–H groups in total. The maximum atomic E-state index is 11.4. The average molecular weight is 350 g/mol. The number of methoxy groups -OCH3 is 1. The van der Waals surface area contributed by atoms with Crippen molar-refractivity contribution >= 4 is 25.8 Å². The molecule has 0 aromatic heterocycles. The highest BCUT2D eigenvalue weighted by Crippen LogP contribution is 2.29.